The van der Waals surface area contributed by atoms with Crippen LogP contribution in [-0.4, -0.2) is 32.5 Å². The van der Waals surface area contributed by atoms with E-state index in [1.807, 2.05) is 0 Å². The van der Waals surface area contributed by atoms with E-state index in [2.05, 4.69) is 18.0 Å². The minimum atomic E-state index is -4.16. The second kappa shape index (κ2) is 28.3. The second-order valence-electron chi connectivity index (χ2n) is 7.55. The number of carbonyl (C=O) groups is 1. The third-order valence-corrected chi connectivity index (χ3v) is 4.95. The van der Waals surface area contributed by atoms with Gasteiger partial charge in [0.15, 0.2) is 0 Å². The van der Waals surface area contributed by atoms with E-state index in [9.17, 15) is 13.2 Å². The molecular weight excluding hydrogens is 404 g/mol. The third-order valence-electron chi connectivity index (χ3n) is 4.53. The summed E-state index contributed by atoms with van der Waals surface area (Å²) in [5.74, 6) is -0.153. The fourth-order valence-corrected chi connectivity index (χ4v) is 2.67. The average Bonchev–Trinajstić information content (AvgIpc) is 2.70. The lowest BCUT2D eigenvalue weighted by molar-refractivity contribution is -0.118. The predicted octanol–water partition coefficient (Wildman–Crippen LogP) is 5.52. The molecule has 0 bridgehead atoms. The smallest absolute Gasteiger partial charge is 0.370 e. The molecule has 7 nitrogen and oxygen atoms in total. The summed E-state index contributed by atoms with van der Waals surface area (Å²) < 4.78 is 29.7. The Labute approximate surface area is 186 Å². The zero-order valence-electron chi connectivity index (χ0n) is 19.9. The summed E-state index contributed by atoms with van der Waals surface area (Å²) in [6, 6.07) is 0. The molecule has 8 heteroatoms. The fraction of sp³-hybridized carbons (Fsp3) is 0.955. The molecule has 0 aromatic carbocycles. The van der Waals surface area contributed by atoms with Gasteiger partial charge in [-0.3, -0.25) is 13.5 Å². The van der Waals surface area contributed by atoms with Gasteiger partial charge < -0.3 is 11.5 Å². The van der Waals surface area contributed by atoms with Crippen LogP contribution >= 0.6 is 0 Å². The minimum Gasteiger partial charge on any atom is -0.370 e. The van der Waals surface area contributed by atoms with Gasteiger partial charge in [0.25, 0.3) is 0 Å². The summed E-state index contributed by atoms with van der Waals surface area (Å²) >= 11 is 0. The van der Waals surface area contributed by atoms with Crippen LogP contribution in [0.3, 0.4) is 0 Å². The maximum atomic E-state index is 10.6. The van der Waals surface area contributed by atoms with E-state index in [1.54, 1.807) is 0 Å². The van der Waals surface area contributed by atoms with Crippen molar-refractivity contribution in [2.24, 2.45) is 11.5 Å². The van der Waals surface area contributed by atoms with E-state index in [1.165, 1.54) is 89.9 Å². The number of unbranched alkanes of at least 4 members (excludes halogenated alkanes) is 14. The number of primary amides is 1. The molecule has 0 spiro atoms. The molecule has 0 radical (unpaired) electrons. The minimum absolute atomic E-state index is 0.153. The van der Waals surface area contributed by atoms with Gasteiger partial charge in [0.05, 0.1) is 7.11 Å². The number of rotatable bonds is 18. The summed E-state index contributed by atoms with van der Waals surface area (Å²) in [5.41, 5.74) is 10.1. The van der Waals surface area contributed by atoms with Crippen LogP contribution in [-0.2, 0) is 19.4 Å². The van der Waals surface area contributed by atoms with Gasteiger partial charge in [-0.25, -0.2) is 0 Å². The third kappa shape index (κ3) is 45.8. The highest BCUT2D eigenvalue weighted by Crippen LogP contribution is 2.13. The molecule has 0 aliphatic carbocycles. The Morgan fingerprint density at radius 2 is 1.00 bits per heavy atom. The summed E-state index contributed by atoms with van der Waals surface area (Å²) in [6.07, 6.45) is 22.0. The molecule has 184 valence electrons. The number of hydrogen-bond donors (Lipinski definition) is 3. The first-order valence-corrected chi connectivity index (χ1v) is 13.1. The average molecular weight is 455 g/mol. The molecule has 0 atom stereocenters. The van der Waals surface area contributed by atoms with Crippen molar-refractivity contribution in [2.75, 3.05) is 13.7 Å². The molecular formula is C22H50N2O5S. The van der Waals surface area contributed by atoms with Crippen LogP contribution in [0.2, 0.25) is 0 Å². The predicted molar refractivity (Wildman–Crippen MR) is 127 cm³/mol. The Balaban J connectivity index is -0.000000600. The van der Waals surface area contributed by atoms with E-state index in [4.69, 9.17) is 16.0 Å². The van der Waals surface area contributed by atoms with Gasteiger partial charge in [0.2, 0.25) is 5.91 Å². The van der Waals surface area contributed by atoms with Gasteiger partial charge in [0, 0.05) is 6.42 Å². The zero-order valence-corrected chi connectivity index (χ0v) is 20.7. The maximum Gasteiger partial charge on any atom is 0.397 e. The Bertz CT molecular complexity index is 429. The molecule has 0 saturated carbocycles. The molecule has 1 amide bonds. The van der Waals surface area contributed by atoms with Gasteiger partial charge in [-0.1, -0.05) is 104 Å². The van der Waals surface area contributed by atoms with Crippen LogP contribution < -0.4 is 11.5 Å². The van der Waals surface area contributed by atoms with Crippen molar-refractivity contribution in [3.8, 4) is 0 Å². The maximum absolute atomic E-state index is 10.6. The number of nitrogens with two attached hydrogens (primary N) is 2. The van der Waals surface area contributed by atoms with Crippen molar-refractivity contribution in [3.05, 3.63) is 0 Å². The number of carbonyl (C=O) groups excluding carboxylic acids is 1. The first-order valence-electron chi connectivity index (χ1n) is 11.8. The topological polar surface area (TPSA) is 133 Å². The van der Waals surface area contributed by atoms with E-state index in [-0.39, 0.29) is 5.91 Å². The van der Waals surface area contributed by atoms with Gasteiger partial charge in [0.1, 0.15) is 0 Å². The summed E-state index contributed by atoms with van der Waals surface area (Å²) in [4.78, 5) is 10.6. The Hall–Kier alpha value is -0.700. The van der Waals surface area contributed by atoms with E-state index in [0.717, 1.165) is 26.5 Å². The molecule has 0 rings (SSSR count). The molecule has 0 aliphatic heterocycles. The summed E-state index contributed by atoms with van der Waals surface area (Å²) in [5, 5.41) is 0. The number of amides is 1. The lowest BCUT2D eigenvalue weighted by atomic mass is 10.0. The molecule has 0 unspecified atom stereocenters. The van der Waals surface area contributed by atoms with Crippen molar-refractivity contribution in [2.45, 2.75) is 123 Å². The monoisotopic (exact) mass is 454 g/mol. The molecule has 0 aromatic rings. The standard InChI is InChI=1S/C18H37NO.C3H9N.CH4O4S/c1-2-3-4-5-6-7-8-9-10-11-12-13-14-15-16-17-18(19)20;1-2-3-4;1-5-6(2,3)4/h2-17H2,1H3,(H2,19,20);2-4H2,1H3;1H3,(H,2,3,4). The molecule has 0 aromatic heterocycles. The molecule has 0 aliphatic rings. The van der Waals surface area contributed by atoms with Crippen molar-refractivity contribution in [1.82, 2.24) is 0 Å². The summed E-state index contributed by atoms with van der Waals surface area (Å²) in [6.45, 7) is 5.15. The molecule has 0 fully saturated rings. The van der Waals surface area contributed by atoms with E-state index in [0.29, 0.717) is 6.42 Å². The number of hydrogen-bond acceptors (Lipinski definition) is 5. The first kappa shape index (κ1) is 33.9. The van der Waals surface area contributed by atoms with Crippen molar-refractivity contribution in [3.63, 3.8) is 0 Å². The van der Waals surface area contributed by atoms with Crippen molar-refractivity contribution >= 4 is 16.3 Å². The molecule has 30 heavy (non-hydrogen) atoms. The van der Waals surface area contributed by atoms with Crippen LogP contribution in [0, 0.1) is 0 Å². The van der Waals surface area contributed by atoms with Crippen molar-refractivity contribution < 1.29 is 21.9 Å². The SMILES string of the molecule is CCCCCCCCCCCCCCCCCC(N)=O.CCCN.COS(=O)(=O)O. The van der Waals surface area contributed by atoms with Crippen LogP contribution in [0.15, 0.2) is 0 Å². The molecule has 5 N–H and O–H groups in total. The Morgan fingerprint density at radius 1 is 0.733 bits per heavy atom. The van der Waals surface area contributed by atoms with Gasteiger partial charge in [-0.2, -0.15) is 8.42 Å². The van der Waals surface area contributed by atoms with Crippen LogP contribution in [0.5, 0.6) is 0 Å². The van der Waals surface area contributed by atoms with Crippen LogP contribution in [0.1, 0.15) is 123 Å². The van der Waals surface area contributed by atoms with Gasteiger partial charge in [-0.15, -0.1) is 0 Å². The van der Waals surface area contributed by atoms with Crippen molar-refractivity contribution in [1.29, 1.82) is 0 Å². The quantitative estimate of drug-likeness (QED) is 0.184. The Kier molecular flexibility index (Phi) is 32.0. The lowest BCUT2D eigenvalue weighted by Crippen LogP contribution is -2.09. The zero-order chi connectivity index (χ0) is 23.5. The summed E-state index contributed by atoms with van der Waals surface area (Å²) in [7, 11) is -3.29. The van der Waals surface area contributed by atoms with Gasteiger partial charge >= 0.3 is 10.4 Å². The van der Waals surface area contributed by atoms with Crippen LogP contribution in [0.25, 0.3) is 0 Å². The highest BCUT2D eigenvalue weighted by Gasteiger charge is 1.96. The van der Waals surface area contributed by atoms with Crippen LogP contribution in [0.4, 0.5) is 0 Å². The lowest BCUT2D eigenvalue weighted by Gasteiger charge is -2.03. The molecule has 0 heterocycles. The second-order valence-corrected chi connectivity index (χ2v) is 8.74. The van der Waals surface area contributed by atoms with Gasteiger partial charge in [-0.05, 0) is 19.4 Å². The Morgan fingerprint density at radius 3 is 1.20 bits per heavy atom. The highest BCUT2D eigenvalue weighted by molar-refractivity contribution is 7.80. The largest absolute Gasteiger partial charge is 0.397 e. The highest BCUT2D eigenvalue weighted by atomic mass is 32.3. The normalized spacial score (nSPS) is 10.6. The van der Waals surface area contributed by atoms with E-state index >= 15 is 0 Å². The van der Waals surface area contributed by atoms with E-state index < -0.39 is 10.4 Å². The fourth-order valence-electron chi connectivity index (χ4n) is 2.67. The first-order chi connectivity index (χ1) is 14.2. The molecule has 0 saturated heterocycles.